The van der Waals surface area contributed by atoms with Crippen molar-refractivity contribution in [2.75, 3.05) is 14.2 Å². The predicted molar refractivity (Wildman–Crippen MR) is 87.4 cm³/mol. The van der Waals surface area contributed by atoms with Gasteiger partial charge in [-0.05, 0) is 41.1 Å². The molecular weight excluding hydrogens is 356 g/mol. The second kappa shape index (κ2) is 6.26. The van der Waals surface area contributed by atoms with Gasteiger partial charge in [-0.2, -0.15) is 0 Å². The van der Waals surface area contributed by atoms with Crippen LogP contribution in [0.2, 0.25) is 5.02 Å². The minimum Gasteiger partial charge on any atom is -0.495 e. The van der Waals surface area contributed by atoms with E-state index in [1.54, 1.807) is 45.4 Å². The van der Waals surface area contributed by atoms with Crippen LogP contribution in [0.5, 0.6) is 11.5 Å². The van der Waals surface area contributed by atoms with Crippen LogP contribution in [0.1, 0.15) is 18.1 Å². The zero-order valence-electron chi connectivity index (χ0n) is 12.0. The van der Waals surface area contributed by atoms with E-state index in [4.69, 9.17) is 21.1 Å². The standard InChI is InChI=1S/C16H16BrClO3/c1-16(19,10-6-4-5-7-12(10)18)11-8-9-13(20-2)14(17)15(11)21-3/h4-9,19H,1-3H3. The highest BCUT2D eigenvalue weighted by atomic mass is 79.9. The number of methoxy groups -OCH3 is 2. The highest BCUT2D eigenvalue weighted by molar-refractivity contribution is 9.10. The second-order valence-electron chi connectivity index (χ2n) is 4.71. The summed E-state index contributed by atoms with van der Waals surface area (Å²) in [5, 5.41) is 11.5. The van der Waals surface area contributed by atoms with Crippen LogP contribution < -0.4 is 9.47 Å². The SMILES string of the molecule is COc1ccc(C(C)(O)c2ccccc2Cl)c(OC)c1Br. The Hall–Kier alpha value is -1.23. The second-order valence-corrected chi connectivity index (χ2v) is 5.91. The minimum absolute atomic E-state index is 0.497. The van der Waals surface area contributed by atoms with E-state index < -0.39 is 5.60 Å². The number of aliphatic hydroxyl groups is 1. The molecule has 0 aliphatic carbocycles. The van der Waals surface area contributed by atoms with E-state index >= 15 is 0 Å². The van der Waals surface area contributed by atoms with Crippen molar-refractivity contribution < 1.29 is 14.6 Å². The van der Waals surface area contributed by atoms with E-state index in [-0.39, 0.29) is 0 Å². The molecule has 1 unspecified atom stereocenters. The van der Waals surface area contributed by atoms with Gasteiger partial charge >= 0.3 is 0 Å². The van der Waals surface area contributed by atoms with Crippen LogP contribution in [-0.4, -0.2) is 19.3 Å². The van der Waals surface area contributed by atoms with Crippen molar-refractivity contribution in [2.45, 2.75) is 12.5 Å². The molecule has 2 aromatic rings. The summed E-state index contributed by atoms with van der Waals surface area (Å²) in [5.41, 5.74) is -0.0776. The van der Waals surface area contributed by atoms with Crippen LogP contribution in [-0.2, 0) is 5.60 Å². The Balaban J connectivity index is 2.65. The van der Waals surface area contributed by atoms with Crippen molar-refractivity contribution in [1.82, 2.24) is 0 Å². The summed E-state index contributed by atoms with van der Waals surface area (Å²) in [6.45, 7) is 1.69. The van der Waals surface area contributed by atoms with E-state index in [2.05, 4.69) is 15.9 Å². The lowest BCUT2D eigenvalue weighted by molar-refractivity contribution is 0.0988. The largest absolute Gasteiger partial charge is 0.495 e. The van der Waals surface area contributed by atoms with Crippen molar-refractivity contribution in [3.05, 3.63) is 57.0 Å². The predicted octanol–water partition coefficient (Wildman–Crippen LogP) is 4.38. The normalized spacial score (nSPS) is 13.6. The van der Waals surface area contributed by atoms with Gasteiger partial charge in [0.05, 0.1) is 14.2 Å². The summed E-state index contributed by atoms with van der Waals surface area (Å²) in [4.78, 5) is 0. The molecule has 0 saturated carbocycles. The maximum atomic E-state index is 11.0. The number of hydrogen-bond donors (Lipinski definition) is 1. The number of ether oxygens (including phenoxy) is 2. The molecule has 0 radical (unpaired) electrons. The van der Waals surface area contributed by atoms with Gasteiger partial charge in [-0.25, -0.2) is 0 Å². The average molecular weight is 372 g/mol. The summed E-state index contributed by atoms with van der Waals surface area (Å²) in [7, 11) is 3.12. The fraction of sp³-hybridized carbons (Fsp3) is 0.250. The van der Waals surface area contributed by atoms with E-state index in [0.29, 0.717) is 32.1 Å². The van der Waals surface area contributed by atoms with E-state index in [9.17, 15) is 5.11 Å². The molecular formula is C16H16BrClO3. The Morgan fingerprint density at radius 1 is 1.05 bits per heavy atom. The highest BCUT2D eigenvalue weighted by Gasteiger charge is 2.32. The first-order valence-electron chi connectivity index (χ1n) is 6.31. The Labute approximate surface area is 137 Å². The van der Waals surface area contributed by atoms with Crippen molar-refractivity contribution in [3.8, 4) is 11.5 Å². The van der Waals surface area contributed by atoms with Crippen LogP contribution in [0, 0.1) is 0 Å². The molecule has 1 N–H and O–H groups in total. The lowest BCUT2D eigenvalue weighted by atomic mass is 9.87. The fourth-order valence-corrected chi connectivity index (χ4v) is 3.27. The number of hydrogen-bond acceptors (Lipinski definition) is 3. The lowest BCUT2D eigenvalue weighted by Crippen LogP contribution is -2.24. The first-order chi connectivity index (χ1) is 9.93. The number of rotatable bonds is 4. The molecule has 0 aliphatic heterocycles. The van der Waals surface area contributed by atoms with Gasteiger partial charge in [-0.15, -0.1) is 0 Å². The molecule has 0 heterocycles. The molecule has 0 bridgehead atoms. The molecule has 0 spiro atoms. The molecule has 0 fully saturated rings. The number of halogens is 2. The Bertz CT molecular complexity index is 656. The molecule has 0 aliphatic rings. The topological polar surface area (TPSA) is 38.7 Å². The van der Waals surface area contributed by atoms with Crippen molar-refractivity contribution in [2.24, 2.45) is 0 Å². The Morgan fingerprint density at radius 2 is 1.71 bits per heavy atom. The first-order valence-corrected chi connectivity index (χ1v) is 7.49. The summed E-state index contributed by atoms with van der Waals surface area (Å²) in [6, 6.07) is 10.7. The van der Waals surface area contributed by atoms with Crippen LogP contribution >= 0.6 is 27.5 Å². The zero-order chi connectivity index (χ0) is 15.6. The summed E-state index contributed by atoms with van der Waals surface area (Å²) in [5.74, 6) is 1.14. The quantitative estimate of drug-likeness (QED) is 0.867. The monoisotopic (exact) mass is 370 g/mol. The van der Waals surface area contributed by atoms with Gasteiger partial charge in [0.1, 0.15) is 21.6 Å². The smallest absolute Gasteiger partial charge is 0.143 e. The fourth-order valence-electron chi connectivity index (χ4n) is 2.28. The van der Waals surface area contributed by atoms with Gasteiger partial charge in [0.15, 0.2) is 0 Å². The summed E-state index contributed by atoms with van der Waals surface area (Å²) >= 11 is 9.66. The molecule has 2 rings (SSSR count). The number of benzene rings is 2. The van der Waals surface area contributed by atoms with Gasteiger partial charge in [0, 0.05) is 16.1 Å². The van der Waals surface area contributed by atoms with Gasteiger partial charge < -0.3 is 14.6 Å². The molecule has 112 valence electrons. The van der Waals surface area contributed by atoms with Crippen molar-refractivity contribution in [3.63, 3.8) is 0 Å². The molecule has 21 heavy (non-hydrogen) atoms. The Morgan fingerprint density at radius 3 is 2.29 bits per heavy atom. The highest BCUT2D eigenvalue weighted by Crippen LogP contribution is 2.44. The van der Waals surface area contributed by atoms with Crippen LogP contribution in [0.15, 0.2) is 40.9 Å². The first kappa shape index (κ1) is 16.1. The maximum Gasteiger partial charge on any atom is 0.143 e. The third-order valence-corrected chi connectivity index (χ3v) is 4.49. The van der Waals surface area contributed by atoms with Crippen LogP contribution in [0.3, 0.4) is 0 Å². The molecule has 2 aromatic carbocycles. The van der Waals surface area contributed by atoms with Crippen LogP contribution in [0.25, 0.3) is 0 Å². The third-order valence-electron chi connectivity index (χ3n) is 3.41. The molecule has 3 nitrogen and oxygen atoms in total. The van der Waals surface area contributed by atoms with Crippen molar-refractivity contribution >= 4 is 27.5 Å². The molecule has 0 amide bonds. The molecule has 1 atom stereocenters. The summed E-state index contributed by atoms with van der Waals surface area (Å²) in [6.07, 6.45) is 0. The Kier molecular flexibility index (Phi) is 4.81. The van der Waals surface area contributed by atoms with E-state index in [1.165, 1.54) is 0 Å². The zero-order valence-corrected chi connectivity index (χ0v) is 14.3. The van der Waals surface area contributed by atoms with E-state index in [1.807, 2.05) is 12.1 Å². The van der Waals surface area contributed by atoms with Gasteiger partial charge in [0.2, 0.25) is 0 Å². The third kappa shape index (κ3) is 2.89. The molecule has 0 saturated heterocycles. The molecule has 0 aromatic heterocycles. The van der Waals surface area contributed by atoms with Crippen molar-refractivity contribution in [1.29, 1.82) is 0 Å². The minimum atomic E-state index is -1.29. The van der Waals surface area contributed by atoms with Crippen LogP contribution in [0.4, 0.5) is 0 Å². The summed E-state index contributed by atoms with van der Waals surface area (Å²) < 4.78 is 11.3. The van der Waals surface area contributed by atoms with Gasteiger partial charge in [-0.3, -0.25) is 0 Å². The average Bonchev–Trinajstić information content (AvgIpc) is 2.47. The van der Waals surface area contributed by atoms with Gasteiger partial charge in [-0.1, -0.05) is 29.8 Å². The van der Waals surface area contributed by atoms with Gasteiger partial charge in [0.25, 0.3) is 0 Å². The lowest BCUT2D eigenvalue weighted by Gasteiger charge is -2.28. The molecule has 5 heteroatoms. The van der Waals surface area contributed by atoms with E-state index in [0.717, 1.165) is 0 Å². The maximum absolute atomic E-state index is 11.0.